The molecule has 1 aromatic carbocycles. The van der Waals surface area contributed by atoms with Crippen LogP contribution in [0.4, 0.5) is 0 Å². The van der Waals surface area contributed by atoms with Crippen LogP contribution in [0.2, 0.25) is 0 Å². The minimum Gasteiger partial charge on any atom is -0.361 e. The van der Waals surface area contributed by atoms with E-state index in [0.29, 0.717) is 24.0 Å². The van der Waals surface area contributed by atoms with Crippen LogP contribution in [0.25, 0.3) is 11.5 Å². The van der Waals surface area contributed by atoms with Crippen LogP contribution >= 0.6 is 0 Å². The Bertz CT molecular complexity index is 912. The highest BCUT2D eigenvalue weighted by Crippen LogP contribution is 2.25. The van der Waals surface area contributed by atoms with E-state index in [-0.39, 0.29) is 0 Å². The fourth-order valence-electron chi connectivity index (χ4n) is 3.89. The molecular weight excluding hydrogens is 366 g/mol. The van der Waals surface area contributed by atoms with E-state index in [1.54, 1.807) is 0 Å². The molecule has 7 heteroatoms. The SMILES string of the molecule is CCc1ccc(CN2CCCN(Cc3noc(-c4c(C)noc4C)n3)CC2)cc1. The van der Waals surface area contributed by atoms with Gasteiger partial charge in [0.1, 0.15) is 11.3 Å². The summed E-state index contributed by atoms with van der Waals surface area (Å²) in [7, 11) is 0. The Balaban J connectivity index is 1.33. The number of benzene rings is 1. The molecule has 3 aromatic rings. The largest absolute Gasteiger partial charge is 0.361 e. The van der Waals surface area contributed by atoms with Crippen molar-refractivity contribution >= 4 is 0 Å². The van der Waals surface area contributed by atoms with Crippen LogP contribution in [0.5, 0.6) is 0 Å². The predicted molar refractivity (Wildman–Crippen MR) is 110 cm³/mol. The summed E-state index contributed by atoms with van der Waals surface area (Å²) < 4.78 is 10.7. The zero-order valence-corrected chi connectivity index (χ0v) is 17.5. The number of hydrogen-bond acceptors (Lipinski definition) is 7. The van der Waals surface area contributed by atoms with E-state index in [1.165, 1.54) is 11.1 Å². The second-order valence-corrected chi connectivity index (χ2v) is 7.79. The van der Waals surface area contributed by atoms with E-state index in [4.69, 9.17) is 9.05 Å². The fraction of sp³-hybridized carbons (Fsp3) is 0.500. The molecule has 1 aliphatic heterocycles. The standard InChI is InChI=1S/C22H29N5O2/c1-4-18-6-8-19(9-7-18)14-26-10-5-11-27(13-12-26)15-20-23-22(29-25-20)21-16(2)24-28-17(21)3/h6-9H,4-5,10-15H2,1-3H3. The van der Waals surface area contributed by atoms with Gasteiger partial charge in [-0.1, -0.05) is 41.5 Å². The van der Waals surface area contributed by atoms with Crippen molar-refractivity contribution in [2.24, 2.45) is 0 Å². The molecule has 0 amide bonds. The minimum absolute atomic E-state index is 0.489. The summed E-state index contributed by atoms with van der Waals surface area (Å²) in [5.74, 6) is 1.90. The first kappa shape index (κ1) is 19.8. The summed E-state index contributed by atoms with van der Waals surface area (Å²) in [6.07, 6.45) is 2.23. The molecule has 0 N–H and O–H groups in total. The van der Waals surface area contributed by atoms with Crippen molar-refractivity contribution in [3.63, 3.8) is 0 Å². The third-order valence-electron chi connectivity index (χ3n) is 5.60. The molecule has 2 aromatic heterocycles. The zero-order valence-electron chi connectivity index (χ0n) is 17.5. The van der Waals surface area contributed by atoms with Crippen molar-refractivity contribution in [2.75, 3.05) is 26.2 Å². The smallest absolute Gasteiger partial charge is 0.263 e. The van der Waals surface area contributed by atoms with Crippen LogP contribution in [0.15, 0.2) is 33.3 Å². The Morgan fingerprint density at radius 2 is 1.55 bits per heavy atom. The number of aromatic nitrogens is 3. The van der Waals surface area contributed by atoms with Gasteiger partial charge in [-0.3, -0.25) is 9.80 Å². The maximum Gasteiger partial charge on any atom is 0.263 e. The van der Waals surface area contributed by atoms with Crippen LogP contribution in [-0.4, -0.2) is 51.3 Å². The van der Waals surface area contributed by atoms with Gasteiger partial charge < -0.3 is 9.05 Å². The van der Waals surface area contributed by atoms with E-state index in [0.717, 1.165) is 56.8 Å². The van der Waals surface area contributed by atoms with Gasteiger partial charge in [0.2, 0.25) is 0 Å². The molecule has 1 aliphatic rings. The molecule has 29 heavy (non-hydrogen) atoms. The Labute approximate surface area is 171 Å². The third kappa shape index (κ3) is 4.74. The molecule has 4 rings (SSSR count). The lowest BCUT2D eigenvalue weighted by Crippen LogP contribution is -2.30. The highest BCUT2D eigenvalue weighted by molar-refractivity contribution is 5.57. The molecule has 1 saturated heterocycles. The topological polar surface area (TPSA) is 71.4 Å². The first-order valence-corrected chi connectivity index (χ1v) is 10.4. The molecule has 0 saturated carbocycles. The van der Waals surface area contributed by atoms with Gasteiger partial charge in [0.05, 0.1) is 12.2 Å². The van der Waals surface area contributed by atoms with E-state index in [9.17, 15) is 0 Å². The minimum atomic E-state index is 0.489. The Morgan fingerprint density at radius 1 is 0.862 bits per heavy atom. The van der Waals surface area contributed by atoms with Gasteiger partial charge in [0.25, 0.3) is 5.89 Å². The number of rotatable bonds is 6. The summed E-state index contributed by atoms with van der Waals surface area (Å²) in [5, 5.41) is 8.13. The second-order valence-electron chi connectivity index (χ2n) is 7.79. The summed E-state index contributed by atoms with van der Waals surface area (Å²) in [6.45, 7) is 11.9. The zero-order chi connectivity index (χ0) is 20.2. The molecular formula is C22H29N5O2. The van der Waals surface area contributed by atoms with Gasteiger partial charge in [-0.2, -0.15) is 4.98 Å². The molecule has 7 nitrogen and oxygen atoms in total. The quantitative estimate of drug-likeness (QED) is 0.631. The molecule has 0 aliphatic carbocycles. The van der Waals surface area contributed by atoms with Gasteiger partial charge in [0.15, 0.2) is 5.82 Å². The molecule has 0 atom stereocenters. The van der Waals surface area contributed by atoms with E-state index >= 15 is 0 Å². The summed E-state index contributed by atoms with van der Waals surface area (Å²) >= 11 is 0. The molecule has 3 heterocycles. The lowest BCUT2D eigenvalue weighted by molar-refractivity contribution is 0.241. The van der Waals surface area contributed by atoms with Crippen molar-refractivity contribution in [1.82, 2.24) is 25.1 Å². The average Bonchev–Trinajstić information content (AvgIpc) is 3.23. The monoisotopic (exact) mass is 395 g/mol. The molecule has 154 valence electrons. The number of aryl methyl sites for hydroxylation is 3. The van der Waals surface area contributed by atoms with Crippen molar-refractivity contribution in [2.45, 2.75) is 46.7 Å². The lowest BCUT2D eigenvalue weighted by Gasteiger charge is -2.21. The van der Waals surface area contributed by atoms with Gasteiger partial charge in [-0.25, -0.2) is 0 Å². The third-order valence-corrected chi connectivity index (χ3v) is 5.60. The average molecular weight is 396 g/mol. The second kappa shape index (κ2) is 8.88. The molecule has 0 radical (unpaired) electrons. The highest BCUT2D eigenvalue weighted by Gasteiger charge is 2.21. The molecule has 0 spiro atoms. The van der Waals surface area contributed by atoms with Crippen molar-refractivity contribution < 1.29 is 9.05 Å². The van der Waals surface area contributed by atoms with Crippen LogP contribution in [-0.2, 0) is 19.5 Å². The Hall–Kier alpha value is -2.51. The van der Waals surface area contributed by atoms with Crippen molar-refractivity contribution in [1.29, 1.82) is 0 Å². The molecule has 0 bridgehead atoms. The Kier molecular flexibility index (Phi) is 6.06. The summed E-state index contributed by atoms with van der Waals surface area (Å²) in [6, 6.07) is 9.01. The van der Waals surface area contributed by atoms with E-state index in [2.05, 4.69) is 56.3 Å². The van der Waals surface area contributed by atoms with Crippen LogP contribution in [0.3, 0.4) is 0 Å². The Morgan fingerprint density at radius 3 is 2.21 bits per heavy atom. The first-order chi connectivity index (χ1) is 14.1. The van der Waals surface area contributed by atoms with E-state index < -0.39 is 0 Å². The predicted octanol–water partition coefficient (Wildman–Crippen LogP) is 3.61. The molecule has 1 fully saturated rings. The maximum atomic E-state index is 5.46. The first-order valence-electron chi connectivity index (χ1n) is 10.4. The van der Waals surface area contributed by atoms with Crippen LogP contribution in [0.1, 0.15) is 41.8 Å². The lowest BCUT2D eigenvalue weighted by atomic mass is 10.1. The van der Waals surface area contributed by atoms with E-state index in [1.807, 2.05) is 13.8 Å². The van der Waals surface area contributed by atoms with Crippen LogP contribution < -0.4 is 0 Å². The summed E-state index contributed by atoms with van der Waals surface area (Å²) in [4.78, 5) is 9.51. The number of nitrogens with zero attached hydrogens (tertiary/aromatic N) is 5. The normalized spacial score (nSPS) is 16.2. The van der Waals surface area contributed by atoms with Crippen molar-refractivity contribution in [3.05, 3.63) is 52.7 Å². The maximum absolute atomic E-state index is 5.46. The molecule has 0 unspecified atom stereocenters. The number of hydrogen-bond donors (Lipinski definition) is 0. The van der Waals surface area contributed by atoms with Crippen molar-refractivity contribution in [3.8, 4) is 11.5 Å². The fourth-order valence-corrected chi connectivity index (χ4v) is 3.89. The van der Waals surface area contributed by atoms with Gasteiger partial charge in [-0.15, -0.1) is 0 Å². The van der Waals surface area contributed by atoms with Gasteiger partial charge in [0, 0.05) is 19.6 Å². The highest BCUT2D eigenvalue weighted by atomic mass is 16.5. The summed E-state index contributed by atoms with van der Waals surface area (Å²) in [5.41, 5.74) is 4.36. The van der Waals surface area contributed by atoms with Gasteiger partial charge in [-0.05, 0) is 50.9 Å². The van der Waals surface area contributed by atoms with Crippen LogP contribution in [0, 0.1) is 13.8 Å². The van der Waals surface area contributed by atoms with Gasteiger partial charge >= 0.3 is 0 Å².